The van der Waals surface area contributed by atoms with Crippen LogP contribution in [0.4, 0.5) is 22.0 Å². The average Bonchev–Trinajstić information content (AvgIpc) is 3.71. The number of halogens is 5. The Kier molecular flexibility index (Phi) is 7.09. The Hall–Kier alpha value is -1.59. The molecule has 45 heavy (non-hydrogen) atoms. The molecular weight excluding hydrogens is 595 g/mol. The minimum atomic E-state index is -5.89. The van der Waals surface area contributed by atoms with E-state index in [-0.39, 0.29) is 49.0 Å². The molecule has 1 spiro atoms. The van der Waals surface area contributed by atoms with E-state index < -0.39 is 52.8 Å². The van der Waals surface area contributed by atoms with Gasteiger partial charge in [-0.05, 0) is 85.3 Å². The van der Waals surface area contributed by atoms with Gasteiger partial charge in [-0.2, -0.15) is 22.0 Å². The van der Waals surface area contributed by atoms with Gasteiger partial charge in [0.15, 0.2) is 5.79 Å². The summed E-state index contributed by atoms with van der Waals surface area (Å²) in [5.74, 6) is -7.22. The number of benzene rings is 1. The summed E-state index contributed by atoms with van der Waals surface area (Å²) in [5.41, 5.74) is -2.72. The molecule has 5 aliphatic carbocycles. The second-order valence-corrected chi connectivity index (χ2v) is 16.1. The molecule has 5 nitrogen and oxygen atoms in total. The van der Waals surface area contributed by atoms with E-state index in [0.717, 1.165) is 28.7 Å². The van der Waals surface area contributed by atoms with Gasteiger partial charge in [0.25, 0.3) is 0 Å². The van der Waals surface area contributed by atoms with Gasteiger partial charge in [-0.25, -0.2) is 0 Å². The maximum atomic E-state index is 15.3. The average molecular weight is 641 g/mol. The molecular formula is C35H45F5O5. The first-order valence-electron chi connectivity index (χ1n) is 16.5. The Morgan fingerprint density at radius 1 is 0.867 bits per heavy atom. The molecule has 7 rings (SSSR count). The molecule has 1 aromatic carbocycles. The highest BCUT2D eigenvalue weighted by Crippen LogP contribution is 2.71. The first kappa shape index (κ1) is 32.0. The molecule has 1 heterocycles. The third-order valence-corrected chi connectivity index (χ3v) is 12.8. The summed E-state index contributed by atoms with van der Waals surface area (Å²) in [7, 11) is 0. The molecule has 0 amide bonds. The molecule has 10 heteroatoms. The number of fused-ring (bicyclic) bond motifs is 4. The number of aliphatic hydroxyl groups excluding tert-OH is 1. The molecule has 6 aliphatic rings. The number of alkyl halides is 5. The third kappa shape index (κ3) is 4.62. The van der Waals surface area contributed by atoms with E-state index in [4.69, 9.17) is 9.47 Å². The van der Waals surface area contributed by atoms with Crippen molar-refractivity contribution in [1.29, 1.82) is 0 Å². The van der Waals surface area contributed by atoms with E-state index in [1.807, 2.05) is 24.3 Å². The number of hydrogen-bond acceptors (Lipinski definition) is 5. The smallest absolute Gasteiger partial charge is 0.396 e. The SMILES string of the molecule is CC1(C)COC2(CCC3=C4[C@@H](CC[C@@]3(O)C2)[C@@H]2CC[C@@](O)(C(F)(F)C(F)(F)F)[C@@]2(C)C[C@@H]4c2ccc([C@@H]3C[C@H]3CO)cc2)OC1. The minimum absolute atomic E-state index is 0.0552. The van der Waals surface area contributed by atoms with Gasteiger partial charge in [-0.15, -0.1) is 0 Å². The highest BCUT2D eigenvalue weighted by Gasteiger charge is 2.79. The maximum Gasteiger partial charge on any atom is 0.456 e. The van der Waals surface area contributed by atoms with Crippen molar-refractivity contribution in [1.82, 2.24) is 0 Å². The van der Waals surface area contributed by atoms with Gasteiger partial charge < -0.3 is 24.8 Å². The Balaban J connectivity index is 1.31. The minimum Gasteiger partial charge on any atom is -0.396 e. The Labute approximate surface area is 261 Å². The first-order valence-corrected chi connectivity index (χ1v) is 16.5. The molecule has 3 N–H and O–H groups in total. The van der Waals surface area contributed by atoms with Crippen LogP contribution in [0.3, 0.4) is 0 Å². The van der Waals surface area contributed by atoms with Crippen LogP contribution in [0.15, 0.2) is 35.4 Å². The van der Waals surface area contributed by atoms with E-state index in [1.54, 1.807) is 0 Å². The van der Waals surface area contributed by atoms with Crippen molar-refractivity contribution in [2.75, 3.05) is 19.8 Å². The maximum absolute atomic E-state index is 15.3. The number of aliphatic hydroxyl groups is 3. The monoisotopic (exact) mass is 640 g/mol. The molecule has 250 valence electrons. The molecule has 0 radical (unpaired) electrons. The molecule has 0 bridgehead atoms. The Morgan fingerprint density at radius 2 is 1.51 bits per heavy atom. The fraction of sp³-hybridized carbons (Fsp3) is 0.771. The van der Waals surface area contributed by atoms with Crippen LogP contribution in [0, 0.1) is 28.6 Å². The van der Waals surface area contributed by atoms with Crippen LogP contribution in [-0.2, 0) is 9.47 Å². The first-order chi connectivity index (χ1) is 20.9. The summed E-state index contributed by atoms with van der Waals surface area (Å²) < 4.78 is 84.9. The largest absolute Gasteiger partial charge is 0.456 e. The second-order valence-electron chi connectivity index (χ2n) is 16.1. The van der Waals surface area contributed by atoms with Gasteiger partial charge in [0, 0.05) is 36.2 Å². The van der Waals surface area contributed by atoms with Gasteiger partial charge in [0.05, 0.1) is 18.8 Å². The van der Waals surface area contributed by atoms with Gasteiger partial charge in [-0.3, -0.25) is 0 Å². The summed E-state index contributed by atoms with van der Waals surface area (Å²) in [4.78, 5) is 0. The Morgan fingerprint density at radius 3 is 2.11 bits per heavy atom. The van der Waals surface area contributed by atoms with Crippen molar-refractivity contribution in [2.24, 2.45) is 28.6 Å². The van der Waals surface area contributed by atoms with E-state index >= 15 is 8.78 Å². The van der Waals surface area contributed by atoms with Crippen molar-refractivity contribution in [2.45, 2.75) is 119 Å². The van der Waals surface area contributed by atoms with Gasteiger partial charge in [0.1, 0.15) is 5.60 Å². The summed E-state index contributed by atoms with van der Waals surface area (Å²) in [5, 5.41) is 33.4. The van der Waals surface area contributed by atoms with Crippen LogP contribution >= 0.6 is 0 Å². The van der Waals surface area contributed by atoms with Gasteiger partial charge in [-0.1, -0.05) is 50.6 Å². The fourth-order valence-electron chi connectivity index (χ4n) is 10.1. The highest BCUT2D eigenvalue weighted by atomic mass is 19.4. The summed E-state index contributed by atoms with van der Waals surface area (Å²) in [6, 6.07) is 7.77. The summed E-state index contributed by atoms with van der Waals surface area (Å²) in [6.45, 7) is 6.65. The number of ether oxygens (including phenoxy) is 2. The van der Waals surface area contributed by atoms with E-state index in [0.29, 0.717) is 38.9 Å². The van der Waals surface area contributed by atoms with Gasteiger partial charge >= 0.3 is 12.1 Å². The van der Waals surface area contributed by atoms with Crippen molar-refractivity contribution < 1.29 is 46.7 Å². The second kappa shape index (κ2) is 9.97. The highest BCUT2D eigenvalue weighted by molar-refractivity contribution is 5.45. The van der Waals surface area contributed by atoms with Crippen LogP contribution in [0.5, 0.6) is 0 Å². The standard InChI is InChI=1S/C35H45F5O5/c1-29(2)18-44-32(45-19-29)12-9-27-28-23(8-11-31(27,42)17-32)26-10-13-33(43,34(36,37)35(38,39)40)30(26,3)15-25(28)21-6-4-20(5-7-21)24-14-22(24)16-41/h4-7,22-26,41-43H,8-19H2,1-3H3/t22-,23-,24-,25+,26-,30-,31+,33-/m0/s1. The molecule has 5 fully saturated rings. The summed E-state index contributed by atoms with van der Waals surface area (Å²) >= 11 is 0. The van der Waals surface area contributed by atoms with Crippen LogP contribution in [0.1, 0.15) is 102 Å². The quantitative estimate of drug-likeness (QED) is 0.244. The van der Waals surface area contributed by atoms with Crippen molar-refractivity contribution in [3.63, 3.8) is 0 Å². The predicted octanol–water partition coefficient (Wildman–Crippen LogP) is 7.01. The van der Waals surface area contributed by atoms with Crippen molar-refractivity contribution >= 4 is 0 Å². The zero-order valence-electron chi connectivity index (χ0n) is 26.2. The molecule has 0 unspecified atom stereocenters. The number of allylic oxidation sites excluding steroid dienone is 1. The van der Waals surface area contributed by atoms with Crippen LogP contribution < -0.4 is 0 Å². The summed E-state index contributed by atoms with van der Waals surface area (Å²) in [6.07, 6.45) is -3.69. The van der Waals surface area contributed by atoms with Crippen molar-refractivity contribution in [3.05, 3.63) is 46.5 Å². The zero-order chi connectivity index (χ0) is 32.4. The number of hydrogen-bond donors (Lipinski definition) is 3. The van der Waals surface area contributed by atoms with Crippen LogP contribution in [0.25, 0.3) is 0 Å². The molecule has 8 atom stereocenters. The third-order valence-electron chi connectivity index (χ3n) is 12.8. The van der Waals surface area contributed by atoms with E-state index in [2.05, 4.69) is 13.8 Å². The lowest BCUT2D eigenvalue weighted by Gasteiger charge is -2.59. The number of rotatable bonds is 4. The molecule has 1 aliphatic heterocycles. The fourth-order valence-corrected chi connectivity index (χ4v) is 10.1. The van der Waals surface area contributed by atoms with E-state index in [9.17, 15) is 28.5 Å². The predicted molar refractivity (Wildman–Crippen MR) is 155 cm³/mol. The molecule has 1 saturated heterocycles. The lowest BCUT2D eigenvalue weighted by Crippen LogP contribution is -2.65. The van der Waals surface area contributed by atoms with Crippen LogP contribution in [0.2, 0.25) is 0 Å². The Bertz CT molecular complexity index is 1360. The zero-order valence-corrected chi connectivity index (χ0v) is 26.2. The van der Waals surface area contributed by atoms with Crippen molar-refractivity contribution in [3.8, 4) is 0 Å². The molecule has 1 aromatic rings. The lowest BCUT2D eigenvalue weighted by atomic mass is 9.49. The topological polar surface area (TPSA) is 79.2 Å². The molecule has 4 saturated carbocycles. The molecule has 0 aromatic heterocycles. The normalized spacial score (nSPS) is 42.2. The van der Waals surface area contributed by atoms with Gasteiger partial charge in [0.2, 0.25) is 0 Å². The van der Waals surface area contributed by atoms with E-state index in [1.165, 1.54) is 6.92 Å². The lowest BCUT2D eigenvalue weighted by molar-refractivity contribution is -0.362. The van der Waals surface area contributed by atoms with Crippen LogP contribution in [-0.4, -0.2) is 64.2 Å².